The fourth-order valence-corrected chi connectivity index (χ4v) is 3.45. The van der Waals surface area contributed by atoms with Crippen LogP contribution in [-0.2, 0) is 9.59 Å². The predicted molar refractivity (Wildman–Crippen MR) is 106 cm³/mol. The van der Waals surface area contributed by atoms with Crippen molar-refractivity contribution in [1.82, 2.24) is 9.80 Å². The van der Waals surface area contributed by atoms with Gasteiger partial charge < -0.3 is 15.0 Å². The zero-order valence-corrected chi connectivity index (χ0v) is 16.2. The fourth-order valence-electron chi connectivity index (χ4n) is 3.45. The molecule has 6 nitrogen and oxygen atoms in total. The Kier molecular flexibility index (Phi) is 6.50. The maximum Gasteiger partial charge on any atom is 0.241 e. The molecule has 0 aromatic heterocycles. The molecule has 0 saturated heterocycles. The third-order valence-electron chi connectivity index (χ3n) is 4.95. The fraction of sp³-hybridized carbons (Fsp3) is 0.524. The van der Waals surface area contributed by atoms with E-state index in [0.717, 1.165) is 37.9 Å². The minimum atomic E-state index is -0.134. The summed E-state index contributed by atoms with van der Waals surface area (Å²) in [7, 11) is 3.42. The van der Waals surface area contributed by atoms with Crippen LogP contribution in [0.15, 0.2) is 36.0 Å². The summed E-state index contributed by atoms with van der Waals surface area (Å²) >= 11 is 0. The molecule has 3 rings (SSSR count). The van der Waals surface area contributed by atoms with Crippen LogP contribution in [0.2, 0.25) is 0 Å². The topological polar surface area (TPSA) is 61.9 Å². The number of methoxy groups -OCH3 is 1. The van der Waals surface area contributed by atoms with Crippen LogP contribution in [0.5, 0.6) is 5.75 Å². The van der Waals surface area contributed by atoms with Crippen molar-refractivity contribution in [2.75, 3.05) is 32.6 Å². The first-order valence-corrected chi connectivity index (χ1v) is 9.70. The average molecular weight is 371 g/mol. The van der Waals surface area contributed by atoms with Gasteiger partial charge >= 0.3 is 0 Å². The van der Waals surface area contributed by atoms with E-state index in [2.05, 4.69) is 11.4 Å². The Labute approximate surface area is 161 Å². The van der Waals surface area contributed by atoms with E-state index in [1.807, 2.05) is 11.9 Å². The molecule has 2 amide bonds. The van der Waals surface area contributed by atoms with Gasteiger partial charge in [-0.2, -0.15) is 0 Å². The number of hydrogen-bond acceptors (Lipinski definition) is 4. The first-order valence-electron chi connectivity index (χ1n) is 9.70. The number of allylic oxidation sites excluding steroid dienone is 2. The molecule has 0 atom stereocenters. The SMILES string of the molecule is COc1ccc(NC(=O)CN(C)CC(=O)N(C2=CCCCC2)C2CC2)cc1. The number of benzene rings is 1. The summed E-state index contributed by atoms with van der Waals surface area (Å²) in [5.41, 5.74) is 1.90. The van der Waals surface area contributed by atoms with Gasteiger partial charge in [0, 0.05) is 17.4 Å². The van der Waals surface area contributed by atoms with Gasteiger partial charge in [-0.25, -0.2) is 0 Å². The summed E-state index contributed by atoms with van der Waals surface area (Å²) in [5, 5.41) is 2.85. The lowest BCUT2D eigenvalue weighted by molar-refractivity contribution is -0.131. The summed E-state index contributed by atoms with van der Waals surface area (Å²) in [6.07, 6.45) is 8.81. The number of likely N-dealkylation sites (N-methyl/N-ethyl adjacent to an activating group) is 1. The number of nitrogens with one attached hydrogen (secondary N) is 1. The summed E-state index contributed by atoms with van der Waals surface area (Å²) in [6.45, 7) is 0.430. The van der Waals surface area contributed by atoms with Gasteiger partial charge in [0.15, 0.2) is 0 Å². The molecule has 1 aromatic rings. The largest absolute Gasteiger partial charge is 0.497 e. The quantitative estimate of drug-likeness (QED) is 0.763. The number of nitrogens with zero attached hydrogens (tertiary/aromatic N) is 2. The molecule has 1 fully saturated rings. The molecule has 1 N–H and O–H groups in total. The third-order valence-corrected chi connectivity index (χ3v) is 4.95. The summed E-state index contributed by atoms with van der Waals surface area (Å²) in [4.78, 5) is 28.9. The normalized spacial score (nSPS) is 16.6. The van der Waals surface area contributed by atoms with Gasteiger partial charge in [0.1, 0.15) is 5.75 Å². The van der Waals surface area contributed by atoms with Gasteiger partial charge in [0.2, 0.25) is 11.8 Å². The zero-order chi connectivity index (χ0) is 19.2. The van der Waals surface area contributed by atoms with E-state index in [0.29, 0.717) is 11.7 Å². The molecule has 1 aromatic carbocycles. The Morgan fingerprint density at radius 2 is 1.89 bits per heavy atom. The molecule has 0 unspecified atom stereocenters. The van der Waals surface area contributed by atoms with E-state index < -0.39 is 0 Å². The number of rotatable bonds is 8. The number of carbonyl (C=O) groups is 2. The monoisotopic (exact) mass is 371 g/mol. The van der Waals surface area contributed by atoms with Crippen LogP contribution in [-0.4, -0.2) is 54.9 Å². The molecule has 27 heavy (non-hydrogen) atoms. The van der Waals surface area contributed by atoms with Gasteiger partial charge in [0.25, 0.3) is 0 Å². The van der Waals surface area contributed by atoms with Crippen LogP contribution >= 0.6 is 0 Å². The van der Waals surface area contributed by atoms with Gasteiger partial charge in [-0.1, -0.05) is 6.08 Å². The van der Waals surface area contributed by atoms with E-state index in [1.54, 1.807) is 36.3 Å². The van der Waals surface area contributed by atoms with Gasteiger partial charge in [-0.05, 0) is 69.8 Å². The minimum absolute atomic E-state index is 0.102. The molecule has 0 radical (unpaired) electrons. The lowest BCUT2D eigenvalue weighted by atomic mass is 10.0. The molecule has 2 aliphatic carbocycles. The Morgan fingerprint density at radius 3 is 2.48 bits per heavy atom. The van der Waals surface area contributed by atoms with E-state index in [4.69, 9.17) is 4.74 Å². The first-order chi connectivity index (χ1) is 13.1. The molecule has 0 aliphatic heterocycles. The highest BCUT2D eigenvalue weighted by Crippen LogP contribution is 2.33. The Bertz CT molecular complexity index is 695. The molecular formula is C21H29N3O3. The molecule has 6 heteroatoms. The molecule has 0 bridgehead atoms. The third kappa shape index (κ3) is 5.57. The number of amides is 2. The number of carbonyl (C=O) groups excluding carboxylic acids is 2. The highest BCUT2D eigenvalue weighted by Gasteiger charge is 2.35. The van der Waals surface area contributed by atoms with E-state index in [1.165, 1.54) is 12.1 Å². The van der Waals surface area contributed by atoms with Crippen molar-refractivity contribution in [3.05, 3.63) is 36.0 Å². The molecule has 2 aliphatic rings. The minimum Gasteiger partial charge on any atom is -0.497 e. The van der Waals surface area contributed by atoms with Gasteiger partial charge in [-0.3, -0.25) is 14.5 Å². The average Bonchev–Trinajstić information content (AvgIpc) is 3.48. The standard InChI is InChI=1S/C21H29N3O3/c1-23(14-20(25)22-16-8-12-19(27-2)13-9-16)15-21(26)24(18-10-11-18)17-6-4-3-5-7-17/h6,8-9,12-13,18H,3-5,7,10-11,14-15H2,1-2H3,(H,22,25). The van der Waals surface area contributed by atoms with Gasteiger partial charge in [0.05, 0.1) is 20.2 Å². The Balaban J connectivity index is 1.51. The van der Waals surface area contributed by atoms with Crippen molar-refractivity contribution in [2.45, 2.75) is 44.6 Å². The summed E-state index contributed by atoms with van der Waals surface area (Å²) in [6, 6.07) is 7.56. The van der Waals surface area contributed by atoms with Crippen LogP contribution in [0, 0.1) is 0 Å². The summed E-state index contributed by atoms with van der Waals surface area (Å²) in [5.74, 6) is 0.712. The molecule has 1 saturated carbocycles. The van der Waals surface area contributed by atoms with E-state index in [-0.39, 0.29) is 24.9 Å². The van der Waals surface area contributed by atoms with Crippen LogP contribution in [0.25, 0.3) is 0 Å². The lowest BCUT2D eigenvalue weighted by Gasteiger charge is -2.29. The van der Waals surface area contributed by atoms with Crippen molar-refractivity contribution in [2.24, 2.45) is 0 Å². The number of ether oxygens (including phenoxy) is 1. The first kappa shape index (κ1) is 19.4. The van der Waals surface area contributed by atoms with Crippen LogP contribution < -0.4 is 10.1 Å². The van der Waals surface area contributed by atoms with Crippen LogP contribution in [0.3, 0.4) is 0 Å². The van der Waals surface area contributed by atoms with Crippen molar-refractivity contribution in [1.29, 1.82) is 0 Å². The highest BCUT2D eigenvalue weighted by atomic mass is 16.5. The number of anilines is 1. The second kappa shape index (κ2) is 9.04. The molecule has 146 valence electrons. The lowest BCUT2D eigenvalue weighted by Crippen LogP contribution is -2.42. The zero-order valence-electron chi connectivity index (χ0n) is 16.2. The molecular weight excluding hydrogens is 342 g/mol. The van der Waals surface area contributed by atoms with Crippen molar-refractivity contribution in [3.63, 3.8) is 0 Å². The summed E-state index contributed by atoms with van der Waals surface area (Å²) < 4.78 is 5.11. The smallest absolute Gasteiger partial charge is 0.241 e. The molecule has 0 heterocycles. The van der Waals surface area contributed by atoms with E-state index in [9.17, 15) is 9.59 Å². The van der Waals surface area contributed by atoms with Crippen molar-refractivity contribution >= 4 is 17.5 Å². The Morgan fingerprint density at radius 1 is 1.15 bits per heavy atom. The maximum absolute atomic E-state index is 12.8. The second-order valence-electron chi connectivity index (χ2n) is 7.39. The van der Waals surface area contributed by atoms with Crippen LogP contribution in [0.4, 0.5) is 5.69 Å². The van der Waals surface area contributed by atoms with Crippen molar-refractivity contribution in [3.8, 4) is 5.75 Å². The number of hydrogen-bond donors (Lipinski definition) is 1. The van der Waals surface area contributed by atoms with Crippen LogP contribution in [0.1, 0.15) is 38.5 Å². The predicted octanol–water partition coefficient (Wildman–Crippen LogP) is 3.01. The highest BCUT2D eigenvalue weighted by molar-refractivity contribution is 5.92. The maximum atomic E-state index is 12.8. The second-order valence-corrected chi connectivity index (χ2v) is 7.39. The molecule has 0 spiro atoms. The van der Waals surface area contributed by atoms with E-state index >= 15 is 0 Å². The van der Waals surface area contributed by atoms with Crippen molar-refractivity contribution < 1.29 is 14.3 Å². The Hall–Kier alpha value is -2.34. The van der Waals surface area contributed by atoms with Gasteiger partial charge in [-0.15, -0.1) is 0 Å².